The number of nitrogen functional groups attached to an aromatic ring is 1. The molecule has 0 atom stereocenters. The van der Waals surface area contributed by atoms with Crippen molar-refractivity contribution in [2.45, 2.75) is 31.7 Å². The van der Waals surface area contributed by atoms with Crippen LogP contribution < -0.4 is 16.6 Å². The number of hydrogen-bond donors (Lipinski definition) is 3. The molecule has 0 radical (unpaired) electrons. The summed E-state index contributed by atoms with van der Waals surface area (Å²) in [4.78, 5) is 8.08. The Morgan fingerprint density at radius 3 is 2.64 bits per heavy atom. The number of rotatable bonds is 3. The number of hydrogen-bond acceptors (Lipinski definition) is 5. The van der Waals surface area contributed by atoms with Gasteiger partial charge >= 0.3 is 0 Å². The molecule has 0 amide bonds. The van der Waals surface area contributed by atoms with Crippen molar-refractivity contribution in [3.8, 4) is 0 Å². The van der Waals surface area contributed by atoms with E-state index in [2.05, 4.69) is 27.6 Å². The van der Waals surface area contributed by atoms with Crippen molar-refractivity contribution in [3.63, 3.8) is 0 Å². The van der Waals surface area contributed by atoms with Gasteiger partial charge < -0.3 is 10.7 Å². The molecule has 1 aliphatic carbocycles. The van der Waals surface area contributed by atoms with E-state index in [9.17, 15) is 0 Å². The van der Waals surface area contributed by atoms with Gasteiger partial charge in [-0.1, -0.05) is 0 Å². The molecule has 1 aromatic heterocycles. The van der Waals surface area contributed by atoms with Gasteiger partial charge in [0.05, 0.1) is 0 Å². The van der Waals surface area contributed by atoms with Gasteiger partial charge in [0.15, 0.2) is 0 Å². The zero-order valence-electron chi connectivity index (χ0n) is 8.25. The van der Waals surface area contributed by atoms with E-state index in [4.69, 9.17) is 5.84 Å². The van der Waals surface area contributed by atoms with Gasteiger partial charge in [-0.3, -0.25) is 0 Å². The molecule has 0 unspecified atom stereocenters. The lowest BCUT2D eigenvalue weighted by Gasteiger charge is -2.39. The Morgan fingerprint density at radius 1 is 1.36 bits per heavy atom. The Kier molecular flexibility index (Phi) is 2.25. The standard InChI is InChI=1S/C9H15N5/c1-9(3-2-4-9)13-7-5-8(14-10)12-6-11-7/h5-6H,2-4,10H2,1H3,(H2,11,12,13,14). The monoisotopic (exact) mass is 193 g/mol. The van der Waals surface area contributed by atoms with E-state index < -0.39 is 0 Å². The molecule has 2 rings (SSSR count). The lowest BCUT2D eigenvalue weighted by Crippen LogP contribution is -2.41. The molecule has 1 aliphatic rings. The van der Waals surface area contributed by atoms with Crippen LogP contribution in [0.1, 0.15) is 26.2 Å². The second-order valence-electron chi connectivity index (χ2n) is 3.97. The summed E-state index contributed by atoms with van der Waals surface area (Å²) in [7, 11) is 0. The third kappa shape index (κ3) is 1.77. The predicted molar refractivity (Wildman–Crippen MR) is 55.7 cm³/mol. The van der Waals surface area contributed by atoms with E-state index in [1.807, 2.05) is 6.07 Å². The normalized spacial score (nSPS) is 18.4. The fourth-order valence-corrected chi connectivity index (χ4v) is 1.65. The predicted octanol–water partition coefficient (Wildman–Crippen LogP) is 1.12. The van der Waals surface area contributed by atoms with Crippen molar-refractivity contribution in [3.05, 3.63) is 12.4 Å². The van der Waals surface area contributed by atoms with Crippen molar-refractivity contribution in [1.29, 1.82) is 0 Å². The van der Waals surface area contributed by atoms with Gasteiger partial charge in [0.2, 0.25) is 0 Å². The molecule has 1 heterocycles. The van der Waals surface area contributed by atoms with Crippen LogP contribution in [0.5, 0.6) is 0 Å². The van der Waals surface area contributed by atoms with Gasteiger partial charge in [-0.15, -0.1) is 0 Å². The van der Waals surface area contributed by atoms with E-state index in [1.54, 1.807) is 0 Å². The van der Waals surface area contributed by atoms with Crippen LogP contribution >= 0.6 is 0 Å². The Labute approximate surface area is 83.1 Å². The number of anilines is 2. The maximum Gasteiger partial charge on any atom is 0.145 e. The minimum atomic E-state index is 0.209. The molecule has 1 aromatic rings. The summed E-state index contributed by atoms with van der Waals surface area (Å²) in [6.07, 6.45) is 5.18. The smallest absolute Gasteiger partial charge is 0.145 e. The highest BCUT2D eigenvalue weighted by Crippen LogP contribution is 2.34. The summed E-state index contributed by atoms with van der Waals surface area (Å²) in [5, 5.41) is 3.38. The number of hydrazine groups is 1. The minimum Gasteiger partial charge on any atom is -0.365 e. The SMILES string of the molecule is CC1(Nc2cc(NN)ncn2)CCC1. The van der Waals surface area contributed by atoms with E-state index in [0.717, 1.165) is 5.82 Å². The van der Waals surface area contributed by atoms with Crippen LogP contribution in [0.4, 0.5) is 11.6 Å². The highest BCUT2D eigenvalue weighted by Gasteiger charge is 2.31. The third-order valence-corrected chi connectivity index (χ3v) is 2.70. The molecule has 14 heavy (non-hydrogen) atoms. The first-order valence-corrected chi connectivity index (χ1v) is 4.79. The highest BCUT2D eigenvalue weighted by molar-refractivity contribution is 5.47. The van der Waals surface area contributed by atoms with Crippen LogP contribution in [-0.4, -0.2) is 15.5 Å². The van der Waals surface area contributed by atoms with Crippen molar-refractivity contribution >= 4 is 11.6 Å². The Morgan fingerprint density at radius 2 is 2.07 bits per heavy atom. The summed E-state index contributed by atoms with van der Waals surface area (Å²) in [6.45, 7) is 2.20. The quantitative estimate of drug-likeness (QED) is 0.495. The molecule has 1 fully saturated rings. The lowest BCUT2D eigenvalue weighted by atomic mass is 9.78. The molecular weight excluding hydrogens is 178 g/mol. The first-order chi connectivity index (χ1) is 6.72. The lowest BCUT2D eigenvalue weighted by molar-refractivity contribution is 0.306. The Balaban J connectivity index is 2.08. The molecule has 0 bridgehead atoms. The Bertz CT molecular complexity index is 321. The average Bonchev–Trinajstić information content (AvgIpc) is 2.16. The van der Waals surface area contributed by atoms with Gasteiger partial charge in [-0.25, -0.2) is 15.8 Å². The van der Waals surface area contributed by atoms with Gasteiger partial charge in [0.1, 0.15) is 18.0 Å². The zero-order chi connectivity index (χ0) is 10.0. The minimum absolute atomic E-state index is 0.209. The molecule has 76 valence electrons. The van der Waals surface area contributed by atoms with Crippen LogP contribution in [0, 0.1) is 0 Å². The van der Waals surface area contributed by atoms with Gasteiger partial charge in [-0.05, 0) is 26.2 Å². The summed E-state index contributed by atoms with van der Waals surface area (Å²) in [6, 6.07) is 1.81. The maximum absolute atomic E-state index is 5.26. The second kappa shape index (κ2) is 3.42. The number of aromatic nitrogens is 2. The van der Waals surface area contributed by atoms with Gasteiger partial charge in [-0.2, -0.15) is 0 Å². The van der Waals surface area contributed by atoms with Crippen molar-refractivity contribution in [2.75, 3.05) is 10.7 Å². The van der Waals surface area contributed by atoms with E-state index in [0.29, 0.717) is 5.82 Å². The van der Waals surface area contributed by atoms with Crippen LogP contribution in [0.2, 0.25) is 0 Å². The van der Waals surface area contributed by atoms with Crippen molar-refractivity contribution in [1.82, 2.24) is 9.97 Å². The van der Waals surface area contributed by atoms with Crippen molar-refractivity contribution in [2.24, 2.45) is 5.84 Å². The fraction of sp³-hybridized carbons (Fsp3) is 0.556. The van der Waals surface area contributed by atoms with Crippen LogP contribution in [0.3, 0.4) is 0 Å². The van der Waals surface area contributed by atoms with E-state index >= 15 is 0 Å². The van der Waals surface area contributed by atoms with E-state index in [-0.39, 0.29) is 5.54 Å². The van der Waals surface area contributed by atoms with Crippen LogP contribution in [-0.2, 0) is 0 Å². The molecule has 5 heteroatoms. The van der Waals surface area contributed by atoms with Crippen LogP contribution in [0.25, 0.3) is 0 Å². The number of nitrogens with two attached hydrogens (primary N) is 1. The molecule has 0 saturated heterocycles. The Hall–Kier alpha value is -1.36. The molecule has 0 spiro atoms. The number of nitrogens with one attached hydrogen (secondary N) is 2. The number of nitrogens with zero attached hydrogens (tertiary/aromatic N) is 2. The van der Waals surface area contributed by atoms with E-state index in [1.165, 1.54) is 25.6 Å². The molecule has 0 aromatic carbocycles. The third-order valence-electron chi connectivity index (χ3n) is 2.70. The van der Waals surface area contributed by atoms with Gasteiger partial charge in [0, 0.05) is 11.6 Å². The summed E-state index contributed by atoms with van der Waals surface area (Å²) in [5.74, 6) is 6.72. The largest absolute Gasteiger partial charge is 0.365 e. The first-order valence-electron chi connectivity index (χ1n) is 4.79. The molecule has 0 aliphatic heterocycles. The zero-order valence-corrected chi connectivity index (χ0v) is 8.25. The fourth-order valence-electron chi connectivity index (χ4n) is 1.65. The maximum atomic E-state index is 5.26. The molecule has 4 N–H and O–H groups in total. The summed E-state index contributed by atoms with van der Waals surface area (Å²) < 4.78 is 0. The summed E-state index contributed by atoms with van der Waals surface area (Å²) in [5.41, 5.74) is 2.71. The average molecular weight is 193 g/mol. The molecular formula is C9H15N5. The molecule has 5 nitrogen and oxygen atoms in total. The van der Waals surface area contributed by atoms with Gasteiger partial charge in [0.25, 0.3) is 0 Å². The first kappa shape index (κ1) is 9.21. The highest BCUT2D eigenvalue weighted by atomic mass is 15.3. The topological polar surface area (TPSA) is 75.9 Å². The van der Waals surface area contributed by atoms with Crippen LogP contribution in [0.15, 0.2) is 12.4 Å². The summed E-state index contributed by atoms with van der Waals surface area (Å²) >= 11 is 0. The van der Waals surface area contributed by atoms with Crippen molar-refractivity contribution < 1.29 is 0 Å². The second-order valence-corrected chi connectivity index (χ2v) is 3.97. The molecule has 1 saturated carbocycles.